The Hall–Kier alpha value is -1.66. The molecule has 22 heavy (non-hydrogen) atoms. The van der Waals surface area contributed by atoms with Crippen LogP contribution in [0, 0.1) is 0 Å². The number of amides is 1. The van der Waals surface area contributed by atoms with Gasteiger partial charge in [0, 0.05) is 18.0 Å². The predicted molar refractivity (Wildman–Crippen MR) is 88.0 cm³/mol. The van der Waals surface area contributed by atoms with E-state index in [2.05, 4.69) is 15.9 Å². The summed E-state index contributed by atoms with van der Waals surface area (Å²) in [6.45, 7) is 0.711. The zero-order valence-corrected chi connectivity index (χ0v) is 14.1. The lowest BCUT2D eigenvalue weighted by atomic mass is 9.89. The van der Waals surface area contributed by atoms with Crippen molar-refractivity contribution in [3.63, 3.8) is 0 Å². The highest BCUT2D eigenvalue weighted by molar-refractivity contribution is 9.11. The molecule has 1 amide bonds. The van der Waals surface area contributed by atoms with Crippen LogP contribution in [-0.4, -0.2) is 28.4 Å². The predicted octanol–water partition coefficient (Wildman–Crippen LogP) is 3.26. The summed E-state index contributed by atoms with van der Waals surface area (Å²) in [5, 5.41) is 9.44. The first-order chi connectivity index (χ1) is 10.5. The third-order valence-corrected chi connectivity index (χ3v) is 5.42. The van der Waals surface area contributed by atoms with Crippen LogP contribution in [0.15, 0.2) is 40.2 Å². The van der Waals surface area contributed by atoms with Crippen molar-refractivity contribution in [3.8, 4) is 0 Å². The van der Waals surface area contributed by atoms with Crippen molar-refractivity contribution in [2.45, 2.75) is 18.9 Å². The van der Waals surface area contributed by atoms with E-state index in [4.69, 9.17) is 0 Å². The van der Waals surface area contributed by atoms with Gasteiger partial charge in [-0.15, -0.1) is 11.3 Å². The molecule has 0 radical (unpaired) electrons. The summed E-state index contributed by atoms with van der Waals surface area (Å²) in [5.74, 6) is -1.57. The second kappa shape index (κ2) is 6.22. The molecule has 0 aliphatic carbocycles. The van der Waals surface area contributed by atoms with E-state index in [1.165, 1.54) is 11.3 Å². The fourth-order valence-corrected chi connectivity index (χ4v) is 4.19. The van der Waals surface area contributed by atoms with Gasteiger partial charge in [-0.3, -0.25) is 9.59 Å². The minimum absolute atomic E-state index is 0.0323. The molecule has 6 heteroatoms. The first-order valence-electron chi connectivity index (χ1n) is 6.87. The third-order valence-electron chi connectivity index (χ3n) is 3.80. The summed E-state index contributed by atoms with van der Waals surface area (Å²) in [6, 6.07) is 11.3. The first kappa shape index (κ1) is 15.2. The topological polar surface area (TPSA) is 57.6 Å². The van der Waals surface area contributed by atoms with Crippen LogP contribution in [0.4, 0.5) is 0 Å². The number of aliphatic carboxylic acids is 1. The second-order valence-corrected chi connectivity index (χ2v) is 7.79. The summed E-state index contributed by atoms with van der Waals surface area (Å²) in [4.78, 5) is 26.6. The number of hydrogen-bond donors (Lipinski definition) is 1. The summed E-state index contributed by atoms with van der Waals surface area (Å²) < 4.78 is 0.989. The van der Waals surface area contributed by atoms with Gasteiger partial charge in [0.25, 0.3) is 0 Å². The van der Waals surface area contributed by atoms with Crippen LogP contribution in [0.5, 0.6) is 0 Å². The number of carbonyl (C=O) groups excluding carboxylic acids is 1. The van der Waals surface area contributed by atoms with Gasteiger partial charge < -0.3 is 10.0 Å². The van der Waals surface area contributed by atoms with Gasteiger partial charge in [0.15, 0.2) is 0 Å². The van der Waals surface area contributed by atoms with Crippen molar-refractivity contribution in [1.82, 2.24) is 4.90 Å². The second-order valence-electron chi connectivity index (χ2n) is 5.25. The smallest absolute Gasteiger partial charge is 0.312 e. The van der Waals surface area contributed by atoms with Crippen LogP contribution in [0.25, 0.3) is 0 Å². The SMILES string of the molecule is O=C(O)C1CN(C(=O)Cc2ccc(Br)s2)Cc2ccccc21. The van der Waals surface area contributed by atoms with Gasteiger partial charge in [-0.2, -0.15) is 0 Å². The van der Waals surface area contributed by atoms with Gasteiger partial charge in [0.05, 0.1) is 16.1 Å². The molecular weight excluding hydrogens is 366 g/mol. The van der Waals surface area contributed by atoms with Crippen LogP contribution in [0.2, 0.25) is 0 Å². The summed E-state index contributed by atoms with van der Waals surface area (Å²) >= 11 is 4.91. The Morgan fingerprint density at radius 1 is 1.27 bits per heavy atom. The van der Waals surface area contributed by atoms with Crippen molar-refractivity contribution in [2.75, 3.05) is 6.54 Å². The van der Waals surface area contributed by atoms with Gasteiger partial charge in [-0.25, -0.2) is 0 Å². The van der Waals surface area contributed by atoms with Gasteiger partial charge in [-0.1, -0.05) is 24.3 Å². The largest absolute Gasteiger partial charge is 0.481 e. The van der Waals surface area contributed by atoms with Crippen LogP contribution in [-0.2, 0) is 22.6 Å². The summed E-state index contributed by atoms with van der Waals surface area (Å²) in [7, 11) is 0. The van der Waals surface area contributed by atoms with E-state index >= 15 is 0 Å². The Morgan fingerprint density at radius 2 is 2.05 bits per heavy atom. The van der Waals surface area contributed by atoms with Gasteiger partial charge in [0.1, 0.15) is 0 Å². The number of hydrogen-bond acceptors (Lipinski definition) is 3. The van der Waals surface area contributed by atoms with E-state index in [9.17, 15) is 14.7 Å². The summed E-state index contributed by atoms with van der Waals surface area (Å²) in [5.41, 5.74) is 1.74. The number of thiophene rings is 1. The molecule has 1 aliphatic heterocycles. The maximum absolute atomic E-state index is 12.5. The Labute approximate surface area is 140 Å². The molecule has 0 fully saturated rings. The lowest BCUT2D eigenvalue weighted by molar-refractivity contribution is -0.141. The number of carbonyl (C=O) groups is 2. The minimum Gasteiger partial charge on any atom is -0.481 e. The lowest BCUT2D eigenvalue weighted by Gasteiger charge is -2.32. The van der Waals surface area contributed by atoms with E-state index < -0.39 is 11.9 Å². The Kier molecular flexibility index (Phi) is 4.31. The average molecular weight is 380 g/mol. The molecule has 1 atom stereocenters. The normalized spacial score (nSPS) is 17.1. The fourth-order valence-electron chi connectivity index (χ4n) is 2.72. The molecule has 4 nitrogen and oxygen atoms in total. The highest BCUT2D eigenvalue weighted by atomic mass is 79.9. The van der Waals surface area contributed by atoms with Crippen molar-refractivity contribution in [3.05, 3.63) is 56.2 Å². The quantitative estimate of drug-likeness (QED) is 0.889. The molecule has 1 aromatic heterocycles. The maximum atomic E-state index is 12.5. The molecule has 0 bridgehead atoms. The fraction of sp³-hybridized carbons (Fsp3) is 0.250. The highest BCUT2D eigenvalue weighted by Gasteiger charge is 2.32. The number of nitrogens with zero attached hydrogens (tertiary/aromatic N) is 1. The Morgan fingerprint density at radius 3 is 2.73 bits per heavy atom. The molecule has 3 rings (SSSR count). The number of rotatable bonds is 3. The van der Waals surface area contributed by atoms with Crippen LogP contribution >= 0.6 is 27.3 Å². The molecule has 0 saturated heterocycles. The number of carboxylic acids is 1. The van der Waals surface area contributed by atoms with Gasteiger partial charge >= 0.3 is 5.97 Å². The van der Waals surface area contributed by atoms with E-state index in [0.717, 1.165) is 19.8 Å². The van der Waals surface area contributed by atoms with Gasteiger partial charge in [-0.05, 0) is 39.2 Å². The van der Waals surface area contributed by atoms with E-state index in [-0.39, 0.29) is 12.5 Å². The Balaban J connectivity index is 1.81. The van der Waals surface area contributed by atoms with E-state index in [1.807, 2.05) is 36.4 Å². The molecule has 2 aromatic rings. The maximum Gasteiger partial charge on any atom is 0.312 e. The number of benzene rings is 1. The van der Waals surface area contributed by atoms with E-state index in [0.29, 0.717) is 13.0 Å². The third kappa shape index (κ3) is 3.08. The lowest BCUT2D eigenvalue weighted by Crippen LogP contribution is -2.41. The molecular formula is C16H14BrNO3S. The molecule has 1 unspecified atom stereocenters. The molecule has 1 aromatic carbocycles. The van der Waals surface area contributed by atoms with E-state index in [1.54, 1.807) is 4.90 Å². The number of carboxylic acid groups (broad SMARTS) is 1. The first-order valence-corrected chi connectivity index (χ1v) is 8.48. The number of fused-ring (bicyclic) bond motifs is 1. The highest BCUT2D eigenvalue weighted by Crippen LogP contribution is 2.29. The van der Waals surface area contributed by atoms with Crippen molar-refractivity contribution < 1.29 is 14.7 Å². The standard InChI is InChI=1S/C16H14BrNO3S/c17-14-6-5-11(22-14)7-15(19)18-8-10-3-1-2-4-12(10)13(9-18)16(20)21/h1-6,13H,7-9H2,(H,20,21). The Bertz CT molecular complexity index is 728. The van der Waals surface area contributed by atoms with Crippen molar-refractivity contribution in [2.24, 2.45) is 0 Å². The minimum atomic E-state index is -0.885. The van der Waals surface area contributed by atoms with Crippen molar-refractivity contribution >= 4 is 39.1 Å². The molecule has 0 spiro atoms. The molecule has 0 saturated carbocycles. The molecule has 1 N–H and O–H groups in total. The van der Waals surface area contributed by atoms with Gasteiger partial charge in [0.2, 0.25) is 5.91 Å². The molecule has 2 heterocycles. The van der Waals surface area contributed by atoms with Crippen LogP contribution < -0.4 is 0 Å². The number of halogens is 1. The van der Waals surface area contributed by atoms with Crippen LogP contribution in [0.1, 0.15) is 21.9 Å². The zero-order valence-electron chi connectivity index (χ0n) is 11.7. The zero-order chi connectivity index (χ0) is 15.7. The van der Waals surface area contributed by atoms with Crippen molar-refractivity contribution in [1.29, 1.82) is 0 Å². The molecule has 114 valence electrons. The average Bonchev–Trinajstić information content (AvgIpc) is 2.91. The van der Waals surface area contributed by atoms with Crippen LogP contribution in [0.3, 0.4) is 0 Å². The monoisotopic (exact) mass is 379 g/mol. The summed E-state index contributed by atoms with van der Waals surface area (Å²) in [6.07, 6.45) is 0.310. The molecule has 1 aliphatic rings.